The zero-order chi connectivity index (χ0) is 20.9. The van der Waals surface area contributed by atoms with Crippen LogP contribution in [0.25, 0.3) is 0 Å². The number of nitrogens with zero attached hydrogens (tertiary/aromatic N) is 2. The van der Waals surface area contributed by atoms with Crippen LogP contribution in [0.5, 0.6) is 0 Å². The summed E-state index contributed by atoms with van der Waals surface area (Å²) in [5.41, 5.74) is 2.24. The lowest BCUT2D eigenvalue weighted by Crippen LogP contribution is -2.44. The van der Waals surface area contributed by atoms with Gasteiger partial charge in [0.2, 0.25) is 5.91 Å². The molecule has 2 aromatic rings. The van der Waals surface area contributed by atoms with Crippen molar-refractivity contribution >= 4 is 17.6 Å². The number of benzene rings is 2. The molecule has 29 heavy (non-hydrogen) atoms. The van der Waals surface area contributed by atoms with E-state index in [1.807, 2.05) is 24.3 Å². The molecule has 154 valence electrons. The molecule has 1 aliphatic rings. The first-order valence-corrected chi connectivity index (χ1v) is 9.37. The van der Waals surface area contributed by atoms with Gasteiger partial charge in [-0.2, -0.15) is 13.2 Å². The molecule has 2 aromatic carbocycles. The second-order valence-electron chi connectivity index (χ2n) is 6.72. The molecule has 8 heteroatoms. The van der Waals surface area contributed by atoms with Gasteiger partial charge >= 0.3 is 6.18 Å². The van der Waals surface area contributed by atoms with Gasteiger partial charge in [0.1, 0.15) is 0 Å². The van der Waals surface area contributed by atoms with Gasteiger partial charge in [-0.1, -0.05) is 30.3 Å². The van der Waals surface area contributed by atoms with Gasteiger partial charge in [-0.15, -0.1) is 0 Å². The maximum atomic E-state index is 12.6. The fraction of sp³-hybridized carbons (Fsp3) is 0.333. The number of fused-ring (bicyclic) bond motifs is 1. The molecule has 0 spiro atoms. The molecule has 1 aliphatic heterocycles. The Morgan fingerprint density at radius 3 is 2.52 bits per heavy atom. The standard InChI is InChI=1S/C21H23F3N4O/c1-25-20(26-12-10-15-6-8-17(9-7-15)21(22,23)24)27-14-19(29)28-13-11-16-4-2-3-5-18(16)28/h2-9H,10-14H2,1H3,(H2,25,26,27). The van der Waals surface area contributed by atoms with Crippen molar-refractivity contribution in [1.29, 1.82) is 0 Å². The van der Waals surface area contributed by atoms with E-state index in [1.165, 1.54) is 17.7 Å². The van der Waals surface area contributed by atoms with Crippen molar-refractivity contribution in [2.24, 2.45) is 4.99 Å². The fourth-order valence-corrected chi connectivity index (χ4v) is 3.26. The molecule has 0 radical (unpaired) electrons. The highest BCUT2D eigenvalue weighted by Gasteiger charge is 2.29. The first-order valence-electron chi connectivity index (χ1n) is 9.37. The maximum absolute atomic E-state index is 12.6. The largest absolute Gasteiger partial charge is 0.416 e. The van der Waals surface area contributed by atoms with Crippen molar-refractivity contribution in [2.45, 2.75) is 19.0 Å². The summed E-state index contributed by atoms with van der Waals surface area (Å²) in [6.07, 6.45) is -2.95. The highest BCUT2D eigenvalue weighted by atomic mass is 19.4. The second-order valence-corrected chi connectivity index (χ2v) is 6.72. The van der Waals surface area contributed by atoms with E-state index in [0.29, 0.717) is 25.5 Å². The topological polar surface area (TPSA) is 56.7 Å². The van der Waals surface area contributed by atoms with Crippen LogP contribution in [0.4, 0.5) is 18.9 Å². The van der Waals surface area contributed by atoms with Crippen LogP contribution in [0.2, 0.25) is 0 Å². The molecular weight excluding hydrogens is 381 g/mol. The van der Waals surface area contributed by atoms with Crippen LogP contribution in [0, 0.1) is 0 Å². The number of rotatable bonds is 5. The summed E-state index contributed by atoms with van der Waals surface area (Å²) in [4.78, 5) is 18.4. The Balaban J connectivity index is 1.45. The Kier molecular flexibility index (Phi) is 6.41. The fourth-order valence-electron chi connectivity index (χ4n) is 3.26. The van der Waals surface area contributed by atoms with Crippen LogP contribution in [0.3, 0.4) is 0 Å². The minimum Gasteiger partial charge on any atom is -0.356 e. The SMILES string of the molecule is CN=C(NCCc1ccc(C(F)(F)F)cc1)NCC(=O)N1CCc2ccccc21. The van der Waals surface area contributed by atoms with Crippen molar-refractivity contribution in [2.75, 3.05) is 31.6 Å². The number of aliphatic imine (C=N–C) groups is 1. The molecule has 3 rings (SSSR count). The summed E-state index contributed by atoms with van der Waals surface area (Å²) in [6, 6.07) is 12.9. The lowest BCUT2D eigenvalue weighted by atomic mass is 10.1. The van der Waals surface area contributed by atoms with Gasteiger partial charge in [-0.05, 0) is 42.2 Å². The Morgan fingerprint density at radius 1 is 1.10 bits per heavy atom. The minimum atomic E-state index is -4.33. The highest BCUT2D eigenvalue weighted by molar-refractivity contribution is 5.98. The van der Waals surface area contributed by atoms with Gasteiger partial charge in [0.25, 0.3) is 0 Å². The molecule has 0 fully saturated rings. The van der Waals surface area contributed by atoms with Gasteiger partial charge in [0.05, 0.1) is 12.1 Å². The summed E-state index contributed by atoms with van der Waals surface area (Å²) in [7, 11) is 1.60. The molecule has 0 atom stereocenters. The summed E-state index contributed by atoms with van der Waals surface area (Å²) >= 11 is 0. The van der Waals surface area contributed by atoms with E-state index in [4.69, 9.17) is 0 Å². The van der Waals surface area contributed by atoms with E-state index in [0.717, 1.165) is 29.8 Å². The number of anilines is 1. The number of carbonyl (C=O) groups excluding carboxylic acids is 1. The van der Waals surface area contributed by atoms with Gasteiger partial charge in [-0.25, -0.2) is 0 Å². The van der Waals surface area contributed by atoms with Gasteiger partial charge in [0, 0.05) is 25.8 Å². The zero-order valence-corrected chi connectivity index (χ0v) is 16.1. The van der Waals surface area contributed by atoms with Gasteiger partial charge in [0.15, 0.2) is 5.96 Å². The average Bonchev–Trinajstić information content (AvgIpc) is 3.14. The molecule has 0 aromatic heterocycles. The van der Waals surface area contributed by atoms with E-state index in [2.05, 4.69) is 15.6 Å². The molecule has 2 N–H and O–H groups in total. The first-order chi connectivity index (χ1) is 13.9. The maximum Gasteiger partial charge on any atom is 0.416 e. The summed E-state index contributed by atoms with van der Waals surface area (Å²) < 4.78 is 37.8. The van der Waals surface area contributed by atoms with Crippen LogP contribution >= 0.6 is 0 Å². The molecule has 5 nitrogen and oxygen atoms in total. The number of para-hydroxylation sites is 1. The monoisotopic (exact) mass is 404 g/mol. The lowest BCUT2D eigenvalue weighted by Gasteiger charge is -2.19. The van der Waals surface area contributed by atoms with E-state index in [1.54, 1.807) is 11.9 Å². The van der Waals surface area contributed by atoms with Crippen molar-refractivity contribution in [3.05, 3.63) is 65.2 Å². The van der Waals surface area contributed by atoms with Crippen LogP contribution in [0.1, 0.15) is 16.7 Å². The second kappa shape index (κ2) is 8.98. The predicted octanol–water partition coefficient (Wildman–Crippen LogP) is 3.00. The van der Waals surface area contributed by atoms with Crippen molar-refractivity contribution in [3.63, 3.8) is 0 Å². The third kappa shape index (κ3) is 5.28. The summed E-state index contributed by atoms with van der Waals surface area (Å²) in [5.74, 6) is 0.429. The third-order valence-corrected chi connectivity index (χ3v) is 4.81. The number of guanidine groups is 1. The normalized spacial score (nSPS) is 13.9. The number of hydrogen-bond donors (Lipinski definition) is 2. The quantitative estimate of drug-likeness (QED) is 0.595. The predicted molar refractivity (Wildman–Crippen MR) is 107 cm³/mol. The first kappa shape index (κ1) is 20.7. The summed E-state index contributed by atoms with van der Waals surface area (Å²) in [5, 5.41) is 6.06. The number of alkyl halides is 3. The molecule has 0 bridgehead atoms. The number of hydrogen-bond acceptors (Lipinski definition) is 2. The van der Waals surface area contributed by atoms with Crippen LogP contribution in [-0.4, -0.2) is 38.5 Å². The lowest BCUT2D eigenvalue weighted by molar-refractivity contribution is -0.137. The molecule has 1 amide bonds. The molecule has 1 heterocycles. The van der Waals surface area contributed by atoms with Crippen LogP contribution in [0.15, 0.2) is 53.5 Å². The van der Waals surface area contributed by atoms with E-state index >= 15 is 0 Å². The van der Waals surface area contributed by atoms with Crippen LogP contribution in [-0.2, 0) is 23.8 Å². The number of amides is 1. The average molecular weight is 404 g/mol. The van der Waals surface area contributed by atoms with E-state index in [-0.39, 0.29) is 12.5 Å². The molecule has 0 saturated carbocycles. The smallest absolute Gasteiger partial charge is 0.356 e. The number of nitrogens with one attached hydrogen (secondary N) is 2. The molecular formula is C21H23F3N4O. The van der Waals surface area contributed by atoms with Crippen LogP contribution < -0.4 is 15.5 Å². The third-order valence-electron chi connectivity index (χ3n) is 4.81. The Morgan fingerprint density at radius 2 is 1.83 bits per heavy atom. The van der Waals surface area contributed by atoms with Crippen molar-refractivity contribution < 1.29 is 18.0 Å². The number of halogens is 3. The molecule has 0 aliphatic carbocycles. The van der Waals surface area contributed by atoms with E-state index < -0.39 is 11.7 Å². The van der Waals surface area contributed by atoms with Gasteiger partial charge in [-0.3, -0.25) is 9.79 Å². The van der Waals surface area contributed by atoms with Gasteiger partial charge < -0.3 is 15.5 Å². The Hall–Kier alpha value is -3.03. The van der Waals surface area contributed by atoms with E-state index in [9.17, 15) is 18.0 Å². The molecule has 0 unspecified atom stereocenters. The zero-order valence-electron chi connectivity index (χ0n) is 16.1. The van der Waals surface area contributed by atoms with Crippen molar-refractivity contribution in [3.8, 4) is 0 Å². The Bertz CT molecular complexity index is 878. The van der Waals surface area contributed by atoms with Crippen molar-refractivity contribution in [1.82, 2.24) is 10.6 Å². The Labute approximate surface area is 167 Å². The molecule has 0 saturated heterocycles. The highest BCUT2D eigenvalue weighted by Crippen LogP contribution is 2.29. The number of carbonyl (C=O) groups is 1. The summed E-state index contributed by atoms with van der Waals surface area (Å²) in [6.45, 7) is 1.25. The minimum absolute atomic E-state index is 0.0411.